The monoisotopic (exact) mass is 318 g/mol. The molecule has 0 amide bonds. The molecule has 0 radical (unpaired) electrons. The summed E-state index contributed by atoms with van der Waals surface area (Å²) in [6.07, 6.45) is 1.49. The Kier molecular flexibility index (Phi) is 3.53. The number of aryl methyl sites for hydroxylation is 1. The van der Waals surface area contributed by atoms with Gasteiger partial charge in [0.2, 0.25) is 0 Å². The summed E-state index contributed by atoms with van der Waals surface area (Å²) in [4.78, 5) is 13.4. The predicted octanol–water partition coefficient (Wildman–Crippen LogP) is 4.26. The highest BCUT2D eigenvalue weighted by atomic mass is 35.5. The van der Waals surface area contributed by atoms with Crippen molar-refractivity contribution in [3.05, 3.63) is 58.1 Å². The Morgan fingerprint density at radius 3 is 2.67 bits per heavy atom. The van der Waals surface area contributed by atoms with Crippen LogP contribution in [0, 0.1) is 6.92 Å². The first kappa shape index (κ1) is 13.9. The molecule has 21 heavy (non-hydrogen) atoms. The third kappa shape index (κ3) is 2.57. The SMILES string of the molecule is Cc1ccc(-c2nn(-c3ccccc3Cl)cc2C(=O)O)s1. The summed E-state index contributed by atoms with van der Waals surface area (Å²) >= 11 is 7.66. The van der Waals surface area contributed by atoms with E-state index in [0.717, 1.165) is 9.75 Å². The highest BCUT2D eigenvalue weighted by molar-refractivity contribution is 7.15. The van der Waals surface area contributed by atoms with Crippen LogP contribution in [0.3, 0.4) is 0 Å². The van der Waals surface area contributed by atoms with Crippen molar-refractivity contribution >= 4 is 28.9 Å². The zero-order chi connectivity index (χ0) is 15.0. The fourth-order valence-corrected chi connectivity index (χ4v) is 3.12. The minimum absolute atomic E-state index is 0.164. The van der Waals surface area contributed by atoms with Gasteiger partial charge in [0, 0.05) is 11.1 Å². The van der Waals surface area contributed by atoms with Crippen molar-refractivity contribution in [3.63, 3.8) is 0 Å². The van der Waals surface area contributed by atoms with E-state index < -0.39 is 5.97 Å². The van der Waals surface area contributed by atoms with Crippen LogP contribution in [-0.4, -0.2) is 20.9 Å². The molecule has 0 bridgehead atoms. The third-order valence-electron chi connectivity index (χ3n) is 3.02. The molecule has 106 valence electrons. The lowest BCUT2D eigenvalue weighted by Crippen LogP contribution is -1.96. The van der Waals surface area contributed by atoms with Gasteiger partial charge < -0.3 is 5.11 Å². The maximum absolute atomic E-state index is 11.4. The van der Waals surface area contributed by atoms with Crippen molar-refractivity contribution in [2.45, 2.75) is 6.92 Å². The van der Waals surface area contributed by atoms with Crippen molar-refractivity contribution < 1.29 is 9.90 Å². The van der Waals surface area contributed by atoms with Crippen LogP contribution in [0.25, 0.3) is 16.3 Å². The van der Waals surface area contributed by atoms with E-state index in [9.17, 15) is 9.90 Å². The van der Waals surface area contributed by atoms with E-state index in [1.54, 1.807) is 12.1 Å². The summed E-state index contributed by atoms with van der Waals surface area (Å²) in [6, 6.07) is 11.0. The molecule has 0 unspecified atom stereocenters. The quantitative estimate of drug-likeness (QED) is 0.785. The predicted molar refractivity (Wildman–Crippen MR) is 83.6 cm³/mol. The van der Waals surface area contributed by atoms with Crippen molar-refractivity contribution in [2.75, 3.05) is 0 Å². The Balaban J connectivity index is 2.18. The molecule has 1 N–H and O–H groups in total. The number of benzene rings is 1. The summed E-state index contributed by atoms with van der Waals surface area (Å²) in [5, 5.41) is 14.3. The summed E-state index contributed by atoms with van der Waals surface area (Å²) in [6.45, 7) is 1.97. The highest BCUT2D eigenvalue weighted by Crippen LogP contribution is 2.31. The lowest BCUT2D eigenvalue weighted by Gasteiger charge is -2.02. The zero-order valence-electron chi connectivity index (χ0n) is 11.1. The molecule has 2 aromatic heterocycles. The van der Waals surface area contributed by atoms with Crippen LogP contribution in [-0.2, 0) is 0 Å². The van der Waals surface area contributed by atoms with Crippen LogP contribution in [0.5, 0.6) is 0 Å². The molecule has 3 aromatic rings. The molecule has 0 atom stereocenters. The van der Waals surface area contributed by atoms with Crippen LogP contribution in [0.15, 0.2) is 42.6 Å². The lowest BCUT2D eigenvalue weighted by molar-refractivity contribution is 0.0697. The van der Waals surface area contributed by atoms with Gasteiger partial charge in [-0.3, -0.25) is 0 Å². The smallest absolute Gasteiger partial charge is 0.339 e. The van der Waals surface area contributed by atoms with Gasteiger partial charge in [0.15, 0.2) is 0 Å². The van der Waals surface area contributed by atoms with Gasteiger partial charge in [0.1, 0.15) is 11.3 Å². The number of nitrogens with zero attached hydrogens (tertiary/aromatic N) is 2. The van der Waals surface area contributed by atoms with Crippen molar-refractivity contribution in [1.82, 2.24) is 9.78 Å². The average Bonchev–Trinajstić information content (AvgIpc) is 3.05. The summed E-state index contributed by atoms with van der Waals surface area (Å²) < 4.78 is 1.51. The van der Waals surface area contributed by atoms with Crippen LogP contribution in [0.4, 0.5) is 0 Å². The highest BCUT2D eigenvalue weighted by Gasteiger charge is 2.19. The molecule has 6 heteroatoms. The number of carboxylic acids is 1. The number of aromatic nitrogens is 2. The summed E-state index contributed by atoms with van der Waals surface area (Å²) in [7, 11) is 0. The summed E-state index contributed by atoms with van der Waals surface area (Å²) in [5.74, 6) is -1.01. The largest absolute Gasteiger partial charge is 0.478 e. The molecular weight excluding hydrogens is 308 g/mol. The second kappa shape index (κ2) is 5.35. The molecule has 0 aliphatic heterocycles. The van der Waals surface area contributed by atoms with Crippen LogP contribution in [0.1, 0.15) is 15.2 Å². The Morgan fingerprint density at radius 2 is 2.05 bits per heavy atom. The van der Waals surface area contributed by atoms with E-state index in [1.807, 2.05) is 31.2 Å². The Morgan fingerprint density at radius 1 is 1.29 bits per heavy atom. The van der Waals surface area contributed by atoms with Gasteiger partial charge in [-0.1, -0.05) is 23.7 Å². The minimum Gasteiger partial charge on any atom is -0.478 e. The van der Waals surface area contributed by atoms with Gasteiger partial charge in [0.25, 0.3) is 0 Å². The number of halogens is 1. The number of thiophene rings is 1. The first-order chi connectivity index (χ1) is 10.1. The van der Waals surface area contributed by atoms with Crippen molar-refractivity contribution in [1.29, 1.82) is 0 Å². The Bertz CT molecular complexity index is 823. The molecule has 0 aliphatic rings. The van der Waals surface area contributed by atoms with Crippen molar-refractivity contribution in [3.8, 4) is 16.3 Å². The van der Waals surface area contributed by atoms with Gasteiger partial charge >= 0.3 is 5.97 Å². The zero-order valence-corrected chi connectivity index (χ0v) is 12.6. The van der Waals surface area contributed by atoms with Crippen LogP contribution in [0.2, 0.25) is 5.02 Å². The Labute approximate surface area is 130 Å². The number of carbonyl (C=O) groups is 1. The average molecular weight is 319 g/mol. The third-order valence-corrected chi connectivity index (χ3v) is 4.34. The number of hydrogen-bond donors (Lipinski definition) is 1. The van der Waals surface area contributed by atoms with E-state index >= 15 is 0 Å². The first-order valence-corrected chi connectivity index (χ1v) is 7.40. The van der Waals surface area contributed by atoms with Crippen LogP contribution >= 0.6 is 22.9 Å². The molecule has 0 fully saturated rings. The molecule has 2 heterocycles. The number of para-hydroxylation sites is 1. The van der Waals surface area contributed by atoms with E-state index in [4.69, 9.17) is 11.6 Å². The molecule has 0 saturated heterocycles. The molecule has 4 nitrogen and oxygen atoms in total. The molecule has 0 spiro atoms. The van der Waals surface area contributed by atoms with Gasteiger partial charge in [-0.15, -0.1) is 11.3 Å². The lowest BCUT2D eigenvalue weighted by atomic mass is 10.2. The minimum atomic E-state index is -1.01. The second-order valence-electron chi connectivity index (χ2n) is 4.50. The molecule has 0 aliphatic carbocycles. The van der Waals surface area contributed by atoms with E-state index in [1.165, 1.54) is 22.2 Å². The molecular formula is C15H11ClN2O2S. The van der Waals surface area contributed by atoms with E-state index in [2.05, 4.69) is 5.10 Å². The number of hydrogen-bond acceptors (Lipinski definition) is 3. The topological polar surface area (TPSA) is 55.1 Å². The number of aromatic carboxylic acids is 1. The Hall–Kier alpha value is -2.11. The standard InChI is InChI=1S/C15H11ClN2O2S/c1-9-6-7-13(21-9)14-10(15(19)20)8-18(17-14)12-5-3-2-4-11(12)16/h2-8H,1H3,(H,19,20). The maximum Gasteiger partial charge on any atom is 0.339 e. The summed E-state index contributed by atoms with van der Waals surface area (Å²) in [5.41, 5.74) is 1.28. The second-order valence-corrected chi connectivity index (χ2v) is 6.20. The fraction of sp³-hybridized carbons (Fsp3) is 0.0667. The van der Waals surface area contributed by atoms with Gasteiger partial charge in [0.05, 0.1) is 15.6 Å². The van der Waals surface area contributed by atoms with Gasteiger partial charge in [-0.2, -0.15) is 5.10 Å². The molecule has 3 rings (SSSR count). The normalized spacial score (nSPS) is 10.8. The fourth-order valence-electron chi connectivity index (χ4n) is 2.04. The van der Waals surface area contributed by atoms with Gasteiger partial charge in [-0.05, 0) is 31.2 Å². The number of carboxylic acid groups (broad SMARTS) is 1. The van der Waals surface area contributed by atoms with Crippen molar-refractivity contribution in [2.24, 2.45) is 0 Å². The van der Waals surface area contributed by atoms with E-state index in [0.29, 0.717) is 16.4 Å². The first-order valence-electron chi connectivity index (χ1n) is 6.21. The maximum atomic E-state index is 11.4. The molecule has 0 saturated carbocycles. The number of rotatable bonds is 3. The van der Waals surface area contributed by atoms with Crippen LogP contribution < -0.4 is 0 Å². The van der Waals surface area contributed by atoms with Gasteiger partial charge in [-0.25, -0.2) is 9.48 Å². The van der Waals surface area contributed by atoms with E-state index in [-0.39, 0.29) is 5.56 Å². The molecule has 1 aromatic carbocycles.